The standard InChI is InChI=1S/C19H28N2O4/c1-13(20-14(2)22)15-6-8-16(9-7-15)24-17-10-11-21(12-17)18(23)25-19(3,4)5/h6-9,13,17H,10-12H2,1-5H3,(H,20,22)/t13-,17?/m0/s1. The van der Waals surface area contributed by atoms with Gasteiger partial charge in [0, 0.05) is 19.9 Å². The maximum Gasteiger partial charge on any atom is 0.410 e. The predicted molar refractivity (Wildman–Crippen MR) is 95.5 cm³/mol. The largest absolute Gasteiger partial charge is 0.489 e. The van der Waals surface area contributed by atoms with E-state index in [1.54, 1.807) is 4.90 Å². The van der Waals surface area contributed by atoms with Crippen LogP contribution in [-0.4, -0.2) is 41.7 Å². The fourth-order valence-electron chi connectivity index (χ4n) is 2.73. The first kappa shape index (κ1) is 19.1. The Labute approximate surface area is 149 Å². The number of ether oxygens (including phenoxy) is 2. The number of rotatable bonds is 4. The molecule has 25 heavy (non-hydrogen) atoms. The number of hydrogen-bond acceptors (Lipinski definition) is 4. The molecule has 6 nitrogen and oxygen atoms in total. The molecule has 1 fully saturated rings. The van der Waals surface area contributed by atoms with Crippen LogP contribution in [0.25, 0.3) is 0 Å². The minimum absolute atomic E-state index is 0.0360. The monoisotopic (exact) mass is 348 g/mol. The van der Waals surface area contributed by atoms with Crippen molar-refractivity contribution in [2.75, 3.05) is 13.1 Å². The first-order valence-electron chi connectivity index (χ1n) is 8.65. The van der Waals surface area contributed by atoms with Crippen molar-refractivity contribution in [1.29, 1.82) is 0 Å². The molecule has 6 heteroatoms. The molecule has 1 N–H and O–H groups in total. The van der Waals surface area contributed by atoms with Crippen LogP contribution in [0.3, 0.4) is 0 Å². The minimum Gasteiger partial charge on any atom is -0.489 e. The van der Waals surface area contributed by atoms with Crippen LogP contribution < -0.4 is 10.1 Å². The average Bonchev–Trinajstić information content (AvgIpc) is 2.94. The molecule has 2 atom stereocenters. The molecule has 1 aliphatic rings. The number of benzene rings is 1. The zero-order valence-corrected chi connectivity index (χ0v) is 15.7. The zero-order valence-electron chi connectivity index (χ0n) is 15.7. The third kappa shape index (κ3) is 5.96. The molecule has 0 radical (unpaired) electrons. The van der Waals surface area contributed by atoms with E-state index in [1.807, 2.05) is 52.0 Å². The third-order valence-electron chi connectivity index (χ3n) is 3.90. The molecule has 2 rings (SSSR count). The van der Waals surface area contributed by atoms with Crippen LogP contribution in [0.1, 0.15) is 52.6 Å². The Morgan fingerprint density at radius 3 is 2.44 bits per heavy atom. The van der Waals surface area contributed by atoms with Gasteiger partial charge in [-0.2, -0.15) is 0 Å². The van der Waals surface area contributed by atoms with E-state index >= 15 is 0 Å². The Balaban J connectivity index is 1.87. The third-order valence-corrected chi connectivity index (χ3v) is 3.90. The fourth-order valence-corrected chi connectivity index (χ4v) is 2.73. The van der Waals surface area contributed by atoms with Crippen molar-refractivity contribution in [3.8, 4) is 5.75 Å². The van der Waals surface area contributed by atoms with Crippen LogP contribution >= 0.6 is 0 Å². The van der Waals surface area contributed by atoms with Gasteiger partial charge in [-0.3, -0.25) is 4.79 Å². The maximum atomic E-state index is 12.1. The van der Waals surface area contributed by atoms with E-state index in [0.29, 0.717) is 13.1 Å². The van der Waals surface area contributed by atoms with E-state index in [1.165, 1.54) is 6.92 Å². The molecule has 1 heterocycles. The molecular formula is C19H28N2O4. The van der Waals surface area contributed by atoms with Crippen molar-refractivity contribution in [3.63, 3.8) is 0 Å². The summed E-state index contributed by atoms with van der Waals surface area (Å²) in [4.78, 5) is 24.9. The lowest BCUT2D eigenvalue weighted by Crippen LogP contribution is -2.36. The average molecular weight is 348 g/mol. The van der Waals surface area contributed by atoms with Gasteiger partial charge in [0.2, 0.25) is 5.91 Å². The van der Waals surface area contributed by atoms with Gasteiger partial charge in [0.05, 0.1) is 12.6 Å². The smallest absolute Gasteiger partial charge is 0.410 e. The number of likely N-dealkylation sites (tertiary alicyclic amines) is 1. The van der Waals surface area contributed by atoms with Crippen LogP contribution in [0, 0.1) is 0 Å². The second-order valence-electron chi connectivity index (χ2n) is 7.45. The Hall–Kier alpha value is -2.24. The highest BCUT2D eigenvalue weighted by Crippen LogP contribution is 2.22. The molecule has 0 saturated carbocycles. The maximum absolute atomic E-state index is 12.1. The summed E-state index contributed by atoms with van der Waals surface area (Å²) in [5, 5.41) is 2.85. The SMILES string of the molecule is CC(=O)N[C@@H](C)c1ccc(OC2CCN(C(=O)OC(C)(C)C)C2)cc1. The van der Waals surface area contributed by atoms with Crippen LogP contribution in [0.2, 0.25) is 0 Å². The summed E-state index contributed by atoms with van der Waals surface area (Å²) in [5.41, 5.74) is 0.528. The molecule has 1 saturated heterocycles. The normalized spacial score (nSPS) is 18.6. The number of nitrogens with one attached hydrogen (secondary N) is 1. The highest BCUT2D eigenvalue weighted by Gasteiger charge is 2.30. The Morgan fingerprint density at radius 2 is 1.88 bits per heavy atom. The van der Waals surface area contributed by atoms with Crippen LogP contribution in [0.15, 0.2) is 24.3 Å². The number of amides is 2. The molecule has 1 unspecified atom stereocenters. The van der Waals surface area contributed by atoms with Gasteiger partial charge < -0.3 is 19.7 Å². The lowest BCUT2D eigenvalue weighted by atomic mass is 10.1. The Kier molecular flexibility index (Phi) is 5.93. The molecule has 0 bridgehead atoms. The van der Waals surface area contributed by atoms with Crippen molar-refractivity contribution in [2.45, 2.75) is 58.8 Å². The first-order chi connectivity index (χ1) is 11.6. The van der Waals surface area contributed by atoms with Crippen molar-refractivity contribution in [3.05, 3.63) is 29.8 Å². The van der Waals surface area contributed by atoms with Crippen molar-refractivity contribution < 1.29 is 19.1 Å². The van der Waals surface area contributed by atoms with Gasteiger partial charge >= 0.3 is 6.09 Å². The first-order valence-corrected chi connectivity index (χ1v) is 8.65. The summed E-state index contributed by atoms with van der Waals surface area (Å²) in [6.07, 6.45) is 0.452. The van der Waals surface area contributed by atoms with E-state index in [0.717, 1.165) is 17.7 Å². The summed E-state index contributed by atoms with van der Waals surface area (Å²) < 4.78 is 11.4. The van der Waals surface area contributed by atoms with Crippen LogP contribution in [0.5, 0.6) is 5.75 Å². The molecule has 0 aliphatic carbocycles. The summed E-state index contributed by atoms with van der Waals surface area (Å²) in [5.74, 6) is 0.704. The zero-order chi connectivity index (χ0) is 18.6. The van der Waals surface area contributed by atoms with Gasteiger partial charge in [-0.1, -0.05) is 12.1 Å². The summed E-state index contributed by atoms with van der Waals surface area (Å²) in [7, 11) is 0. The van der Waals surface area contributed by atoms with Gasteiger partial charge in [0.15, 0.2) is 0 Å². The van der Waals surface area contributed by atoms with Gasteiger partial charge in [0.25, 0.3) is 0 Å². The van der Waals surface area contributed by atoms with Crippen LogP contribution in [-0.2, 0) is 9.53 Å². The fraction of sp³-hybridized carbons (Fsp3) is 0.579. The molecular weight excluding hydrogens is 320 g/mol. The van der Waals surface area contributed by atoms with E-state index < -0.39 is 5.60 Å². The van der Waals surface area contributed by atoms with E-state index in [2.05, 4.69) is 5.32 Å². The van der Waals surface area contributed by atoms with Crippen LogP contribution in [0.4, 0.5) is 4.79 Å². The van der Waals surface area contributed by atoms with Crippen molar-refractivity contribution >= 4 is 12.0 Å². The second-order valence-corrected chi connectivity index (χ2v) is 7.45. The predicted octanol–water partition coefficient (Wildman–Crippen LogP) is 3.27. The van der Waals surface area contributed by atoms with Gasteiger partial charge in [-0.25, -0.2) is 4.79 Å². The Bertz CT molecular complexity index is 607. The number of nitrogens with zero attached hydrogens (tertiary/aromatic N) is 1. The van der Waals surface area contributed by atoms with E-state index in [4.69, 9.17) is 9.47 Å². The van der Waals surface area contributed by atoms with Gasteiger partial charge in [-0.15, -0.1) is 0 Å². The van der Waals surface area contributed by atoms with E-state index in [-0.39, 0.29) is 24.1 Å². The molecule has 138 valence electrons. The molecule has 0 spiro atoms. The highest BCUT2D eigenvalue weighted by molar-refractivity contribution is 5.73. The molecule has 2 amide bonds. The lowest BCUT2D eigenvalue weighted by molar-refractivity contribution is -0.119. The Morgan fingerprint density at radius 1 is 1.24 bits per heavy atom. The van der Waals surface area contributed by atoms with Crippen molar-refractivity contribution in [1.82, 2.24) is 10.2 Å². The quantitative estimate of drug-likeness (QED) is 0.907. The van der Waals surface area contributed by atoms with Gasteiger partial charge in [0.1, 0.15) is 17.5 Å². The molecule has 1 aliphatic heterocycles. The number of carbonyl (C=O) groups is 2. The number of hydrogen-bond donors (Lipinski definition) is 1. The summed E-state index contributed by atoms with van der Waals surface area (Å²) >= 11 is 0. The molecule has 1 aromatic rings. The topological polar surface area (TPSA) is 67.9 Å². The van der Waals surface area contributed by atoms with Crippen molar-refractivity contribution in [2.24, 2.45) is 0 Å². The molecule has 1 aromatic carbocycles. The number of carbonyl (C=O) groups excluding carboxylic acids is 2. The lowest BCUT2D eigenvalue weighted by Gasteiger charge is -2.24. The summed E-state index contributed by atoms with van der Waals surface area (Å²) in [6.45, 7) is 10.2. The van der Waals surface area contributed by atoms with E-state index in [9.17, 15) is 9.59 Å². The summed E-state index contributed by atoms with van der Waals surface area (Å²) in [6, 6.07) is 7.63. The minimum atomic E-state index is -0.490. The van der Waals surface area contributed by atoms with Gasteiger partial charge in [-0.05, 0) is 45.4 Å². The molecule has 0 aromatic heterocycles. The second kappa shape index (κ2) is 7.76. The highest BCUT2D eigenvalue weighted by atomic mass is 16.6.